The molecule has 11 heavy (non-hydrogen) atoms. The van der Waals surface area contributed by atoms with Crippen LogP contribution in [0.25, 0.3) is 0 Å². The van der Waals surface area contributed by atoms with Crippen LogP contribution in [0.15, 0.2) is 0 Å². The molecule has 0 aliphatic heterocycles. The SMILES string of the molecule is O=S(=O)(Cl)CC1CC1C(F)F. The lowest BCUT2D eigenvalue weighted by atomic mass is 10.4. The summed E-state index contributed by atoms with van der Waals surface area (Å²) in [4.78, 5) is 0. The topological polar surface area (TPSA) is 34.1 Å². The van der Waals surface area contributed by atoms with Crippen LogP contribution < -0.4 is 0 Å². The monoisotopic (exact) mass is 204 g/mol. The Morgan fingerprint density at radius 2 is 2.09 bits per heavy atom. The maximum atomic E-state index is 11.8. The van der Waals surface area contributed by atoms with Gasteiger partial charge in [-0.05, 0) is 12.3 Å². The molecular weight excluding hydrogens is 198 g/mol. The van der Waals surface area contributed by atoms with Crippen molar-refractivity contribution in [2.45, 2.75) is 12.8 Å². The molecule has 6 heteroatoms. The van der Waals surface area contributed by atoms with Crippen molar-refractivity contribution >= 4 is 19.7 Å². The van der Waals surface area contributed by atoms with Crippen LogP contribution in [0, 0.1) is 11.8 Å². The van der Waals surface area contributed by atoms with Crippen LogP contribution >= 0.6 is 10.7 Å². The summed E-state index contributed by atoms with van der Waals surface area (Å²) in [5, 5.41) is 0. The molecule has 0 saturated heterocycles. The zero-order valence-corrected chi connectivity index (χ0v) is 7.08. The van der Waals surface area contributed by atoms with E-state index in [1.807, 2.05) is 0 Å². The van der Waals surface area contributed by atoms with Crippen LogP contribution in [0.3, 0.4) is 0 Å². The Kier molecular flexibility index (Phi) is 2.39. The van der Waals surface area contributed by atoms with Gasteiger partial charge in [-0.2, -0.15) is 0 Å². The molecule has 0 aromatic carbocycles. The largest absolute Gasteiger partial charge is 0.241 e. The highest BCUT2D eigenvalue weighted by Crippen LogP contribution is 2.44. The van der Waals surface area contributed by atoms with Crippen LogP contribution in [0.2, 0.25) is 0 Å². The molecule has 0 aromatic rings. The first-order valence-electron chi connectivity index (χ1n) is 3.10. The van der Waals surface area contributed by atoms with E-state index in [0.717, 1.165) is 0 Å². The van der Waals surface area contributed by atoms with Gasteiger partial charge in [-0.15, -0.1) is 0 Å². The minimum atomic E-state index is -3.59. The Hall–Kier alpha value is 0.1000. The molecule has 1 rings (SSSR count). The molecule has 1 fully saturated rings. The number of rotatable bonds is 3. The fourth-order valence-electron chi connectivity index (χ4n) is 1.03. The van der Waals surface area contributed by atoms with Gasteiger partial charge in [0.2, 0.25) is 15.5 Å². The summed E-state index contributed by atoms with van der Waals surface area (Å²) in [6.07, 6.45) is -2.12. The molecule has 2 unspecified atom stereocenters. The lowest BCUT2D eigenvalue weighted by Gasteiger charge is -1.94. The summed E-state index contributed by atoms with van der Waals surface area (Å²) in [5.41, 5.74) is 0. The molecule has 2 atom stereocenters. The zero-order chi connectivity index (χ0) is 8.65. The quantitative estimate of drug-likeness (QED) is 0.653. The summed E-state index contributed by atoms with van der Waals surface area (Å²) in [5.74, 6) is -1.48. The standard InChI is InChI=1S/C5H7ClF2O2S/c6-11(9,10)2-3-1-4(3)5(7)8/h3-5H,1-2H2. The fraction of sp³-hybridized carbons (Fsp3) is 1.00. The maximum absolute atomic E-state index is 11.8. The minimum Gasteiger partial charge on any atom is -0.212 e. The molecule has 2 nitrogen and oxygen atoms in total. The molecule has 66 valence electrons. The van der Waals surface area contributed by atoms with Crippen molar-refractivity contribution in [1.29, 1.82) is 0 Å². The van der Waals surface area contributed by atoms with Crippen LogP contribution in [-0.4, -0.2) is 20.6 Å². The van der Waals surface area contributed by atoms with Crippen molar-refractivity contribution in [3.63, 3.8) is 0 Å². The summed E-state index contributed by atoms with van der Waals surface area (Å²) < 4.78 is 44.4. The molecule has 1 aliphatic rings. The molecule has 0 heterocycles. The third-order valence-corrected chi connectivity index (χ3v) is 2.92. The Morgan fingerprint density at radius 3 is 2.36 bits per heavy atom. The summed E-state index contributed by atoms with van der Waals surface area (Å²) in [6.45, 7) is 0. The van der Waals surface area contributed by atoms with E-state index in [4.69, 9.17) is 10.7 Å². The molecule has 0 amide bonds. The lowest BCUT2D eigenvalue weighted by molar-refractivity contribution is 0.117. The first kappa shape index (κ1) is 9.19. The van der Waals surface area contributed by atoms with E-state index in [1.54, 1.807) is 0 Å². The highest BCUT2D eigenvalue weighted by Gasteiger charge is 2.45. The van der Waals surface area contributed by atoms with E-state index in [0.29, 0.717) is 0 Å². The smallest absolute Gasteiger partial charge is 0.212 e. The van der Waals surface area contributed by atoms with Gasteiger partial charge in [0.05, 0.1) is 5.75 Å². The molecule has 1 saturated carbocycles. The fourth-order valence-corrected chi connectivity index (χ4v) is 2.41. The van der Waals surface area contributed by atoms with E-state index in [-0.39, 0.29) is 12.2 Å². The normalized spacial score (nSPS) is 30.9. The van der Waals surface area contributed by atoms with Gasteiger partial charge in [0.15, 0.2) is 0 Å². The van der Waals surface area contributed by atoms with Gasteiger partial charge in [-0.25, -0.2) is 17.2 Å². The number of hydrogen-bond acceptors (Lipinski definition) is 2. The second-order valence-electron chi connectivity index (χ2n) is 2.70. The lowest BCUT2D eigenvalue weighted by Crippen LogP contribution is -2.04. The van der Waals surface area contributed by atoms with Gasteiger partial charge in [0, 0.05) is 16.6 Å². The van der Waals surface area contributed by atoms with Crippen LogP contribution in [-0.2, 0) is 9.05 Å². The second-order valence-corrected chi connectivity index (χ2v) is 5.52. The molecule has 0 aromatic heterocycles. The van der Waals surface area contributed by atoms with Crippen molar-refractivity contribution in [1.82, 2.24) is 0 Å². The third kappa shape index (κ3) is 2.91. The number of alkyl halides is 2. The minimum absolute atomic E-state index is 0.281. The molecule has 1 aliphatic carbocycles. The third-order valence-electron chi connectivity index (χ3n) is 1.71. The highest BCUT2D eigenvalue weighted by atomic mass is 35.7. The van der Waals surface area contributed by atoms with Crippen molar-refractivity contribution in [2.24, 2.45) is 11.8 Å². The van der Waals surface area contributed by atoms with Crippen LogP contribution in [0.5, 0.6) is 0 Å². The van der Waals surface area contributed by atoms with Crippen LogP contribution in [0.1, 0.15) is 6.42 Å². The average Bonchev–Trinajstić information content (AvgIpc) is 2.40. The first-order chi connectivity index (χ1) is 4.90. The van der Waals surface area contributed by atoms with Gasteiger partial charge in [-0.1, -0.05) is 0 Å². The van der Waals surface area contributed by atoms with E-state index in [9.17, 15) is 17.2 Å². The molecule has 0 bridgehead atoms. The summed E-state index contributed by atoms with van der Waals surface area (Å²) >= 11 is 0. The van der Waals surface area contributed by atoms with Crippen molar-refractivity contribution in [2.75, 3.05) is 5.75 Å². The van der Waals surface area contributed by atoms with E-state index in [2.05, 4.69) is 0 Å². The maximum Gasteiger partial charge on any atom is 0.241 e. The molecule has 0 N–H and O–H groups in total. The molecule has 0 spiro atoms. The Balaban J connectivity index is 2.35. The number of hydrogen-bond donors (Lipinski definition) is 0. The molecular formula is C5H7ClF2O2S. The molecule has 0 radical (unpaired) electrons. The van der Waals surface area contributed by atoms with E-state index < -0.39 is 27.3 Å². The predicted octanol–water partition coefficient (Wildman–Crippen LogP) is 1.46. The highest BCUT2D eigenvalue weighted by molar-refractivity contribution is 8.13. The Bertz CT molecular complexity index is 239. The van der Waals surface area contributed by atoms with Gasteiger partial charge >= 0.3 is 0 Å². The second kappa shape index (κ2) is 2.86. The first-order valence-corrected chi connectivity index (χ1v) is 5.58. The van der Waals surface area contributed by atoms with Crippen molar-refractivity contribution in [3.05, 3.63) is 0 Å². The Labute approximate surface area is 68.0 Å². The van der Waals surface area contributed by atoms with Gasteiger partial charge in [0.1, 0.15) is 0 Å². The van der Waals surface area contributed by atoms with E-state index in [1.165, 1.54) is 0 Å². The van der Waals surface area contributed by atoms with E-state index >= 15 is 0 Å². The Morgan fingerprint density at radius 1 is 1.55 bits per heavy atom. The van der Waals surface area contributed by atoms with Gasteiger partial charge in [-0.3, -0.25) is 0 Å². The van der Waals surface area contributed by atoms with Crippen molar-refractivity contribution < 1.29 is 17.2 Å². The average molecular weight is 205 g/mol. The van der Waals surface area contributed by atoms with Gasteiger partial charge < -0.3 is 0 Å². The predicted molar refractivity (Wildman–Crippen MR) is 37.2 cm³/mol. The zero-order valence-electron chi connectivity index (χ0n) is 5.50. The summed E-state index contributed by atoms with van der Waals surface area (Å²) in [6, 6.07) is 0. The number of halogens is 3. The van der Waals surface area contributed by atoms with Crippen molar-refractivity contribution in [3.8, 4) is 0 Å². The summed E-state index contributed by atoms with van der Waals surface area (Å²) in [7, 11) is 1.28. The van der Waals surface area contributed by atoms with Crippen LogP contribution in [0.4, 0.5) is 8.78 Å². The van der Waals surface area contributed by atoms with Gasteiger partial charge in [0.25, 0.3) is 0 Å².